The van der Waals surface area contributed by atoms with E-state index >= 15 is 0 Å². The Kier molecular flexibility index (Phi) is 7.48. The molecule has 2 aromatic rings. The molecule has 0 radical (unpaired) electrons. The van der Waals surface area contributed by atoms with Crippen molar-refractivity contribution in [3.05, 3.63) is 53.7 Å². The largest absolute Gasteiger partial charge is 0.573 e. The number of guanidine groups is 1. The standard InChI is InChI=1S/C19H24F3N5O/c1-4-23-18(26-13-15-9-7-11-24-17(15)27(2)3)25-12-14-8-5-6-10-16(14)28-19(20,21)22/h5-11H,4,12-13H2,1-3H3,(H2,23,25,26). The van der Waals surface area contributed by atoms with Gasteiger partial charge in [0, 0.05) is 44.5 Å². The van der Waals surface area contributed by atoms with Crippen LogP contribution in [0.3, 0.4) is 0 Å². The molecular weight excluding hydrogens is 371 g/mol. The third-order valence-electron chi connectivity index (χ3n) is 3.69. The van der Waals surface area contributed by atoms with Gasteiger partial charge >= 0.3 is 6.36 Å². The highest BCUT2D eigenvalue weighted by molar-refractivity contribution is 5.79. The van der Waals surface area contributed by atoms with E-state index in [0.717, 1.165) is 11.4 Å². The molecule has 0 saturated carbocycles. The number of nitrogens with zero attached hydrogens (tertiary/aromatic N) is 3. The number of benzene rings is 1. The molecule has 0 aliphatic heterocycles. The number of anilines is 1. The zero-order chi connectivity index (χ0) is 20.6. The predicted octanol–water partition coefficient (Wildman–Crippen LogP) is 3.30. The zero-order valence-corrected chi connectivity index (χ0v) is 16.0. The fourth-order valence-corrected chi connectivity index (χ4v) is 2.51. The van der Waals surface area contributed by atoms with Crippen LogP contribution in [-0.4, -0.2) is 37.9 Å². The molecule has 1 aromatic heterocycles. The number of rotatable bonds is 7. The molecule has 0 amide bonds. The van der Waals surface area contributed by atoms with E-state index in [1.54, 1.807) is 18.3 Å². The molecule has 2 rings (SSSR count). The summed E-state index contributed by atoms with van der Waals surface area (Å²) in [6.45, 7) is 3.02. The van der Waals surface area contributed by atoms with Crippen LogP contribution >= 0.6 is 0 Å². The van der Waals surface area contributed by atoms with Crippen LogP contribution in [0.1, 0.15) is 18.1 Å². The van der Waals surface area contributed by atoms with E-state index in [-0.39, 0.29) is 12.3 Å². The van der Waals surface area contributed by atoms with Gasteiger partial charge in [-0.25, -0.2) is 9.98 Å². The van der Waals surface area contributed by atoms with Crippen molar-refractivity contribution in [2.75, 3.05) is 25.5 Å². The van der Waals surface area contributed by atoms with Crippen molar-refractivity contribution in [3.63, 3.8) is 0 Å². The van der Waals surface area contributed by atoms with Crippen LogP contribution in [0.5, 0.6) is 5.75 Å². The second-order valence-corrected chi connectivity index (χ2v) is 6.08. The Morgan fingerprint density at radius 3 is 2.50 bits per heavy atom. The van der Waals surface area contributed by atoms with Gasteiger partial charge in [-0.05, 0) is 19.1 Å². The highest BCUT2D eigenvalue weighted by Crippen LogP contribution is 2.26. The number of aliphatic imine (C=N–C) groups is 1. The molecule has 28 heavy (non-hydrogen) atoms. The number of aromatic nitrogens is 1. The Morgan fingerprint density at radius 1 is 1.11 bits per heavy atom. The fraction of sp³-hybridized carbons (Fsp3) is 0.368. The van der Waals surface area contributed by atoms with Crippen molar-refractivity contribution in [2.45, 2.75) is 26.4 Å². The number of halogens is 3. The highest BCUT2D eigenvalue weighted by atomic mass is 19.4. The molecule has 0 unspecified atom stereocenters. The van der Waals surface area contributed by atoms with Crippen LogP contribution in [0.25, 0.3) is 0 Å². The molecule has 0 saturated heterocycles. The lowest BCUT2D eigenvalue weighted by molar-refractivity contribution is -0.274. The van der Waals surface area contributed by atoms with Crippen molar-refractivity contribution in [1.29, 1.82) is 0 Å². The predicted molar refractivity (Wildman–Crippen MR) is 103 cm³/mol. The number of pyridine rings is 1. The summed E-state index contributed by atoms with van der Waals surface area (Å²) in [5.74, 6) is 1.06. The first-order valence-electron chi connectivity index (χ1n) is 8.77. The Balaban J connectivity index is 2.12. The first-order valence-corrected chi connectivity index (χ1v) is 8.77. The molecule has 0 fully saturated rings. The van der Waals surface area contributed by atoms with E-state index in [2.05, 4.69) is 25.3 Å². The SMILES string of the molecule is CCNC(=NCc1ccccc1OC(F)(F)F)NCc1cccnc1N(C)C. The van der Waals surface area contributed by atoms with Gasteiger partial charge in [0.25, 0.3) is 0 Å². The minimum atomic E-state index is -4.74. The molecule has 9 heteroatoms. The van der Waals surface area contributed by atoms with Gasteiger partial charge in [-0.2, -0.15) is 0 Å². The van der Waals surface area contributed by atoms with Crippen LogP contribution in [0.15, 0.2) is 47.6 Å². The minimum Gasteiger partial charge on any atom is -0.405 e. The van der Waals surface area contributed by atoms with Crippen LogP contribution in [0.2, 0.25) is 0 Å². The van der Waals surface area contributed by atoms with Crippen molar-refractivity contribution >= 4 is 11.8 Å². The number of ether oxygens (including phenoxy) is 1. The topological polar surface area (TPSA) is 61.8 Å². The molecule has 0 atom stereocenters. The summed E-state index contributed by atoms with van der Waals surface area (Å²) < 4.78 is 41.8. The first-order chi connectivity index (χ1) is 13.3. The number of hydrogen-bond donors (Lipinski definition) is 2. The van der Waals surface area contributed by atoms with Crippen LogP contribution in [0.4, 0.5) is 19.0 Å². The minimum absolute atomic E-state index is 0.0369. The summed E-state index contributed by atoms with van der Waals surface area (Å²) in [6, 6.07) is 9.76. The Labute approximate surface area is 162 Å². The molecular formula is C19H24F3N5O. The smallest absolute Gasteiger partial charge is 0.405 e. The van der Waals surface area contributed by atoms with Gasteiger partial charge in [0.2, 0.25) is 0 Å². The molecule has 1 aromatic carbocycles. The van der Waals surface area contributed by atoms with Gasteiger partial charge in [-0.15, -0.1) is 13.2 Å². The van der Waals surface area contributed by atoms with Crippen LogP contribution < -0.4 is 20.3 Å². The number of para-hydroxylation sites is 1. The normalized spacial score (nSPS) is 11.9. The fourth-order valence-electron chi connectivity index (χ4n) is 2.51. The maximum atomic E-state index is 12.6. The van der Waals surface area contributed by atoms with E-state index in [9.17, 15) is 13.2 Å². The van der Waals surface area contributed by atoms with Crippen LogP contribution in [-0.2, 0) is 13.1 Å². The summed E-state index contributed by atoms with van der Waals surface area (Å²) >= 11 is 0. The van der Waals surface area contributed by atoms with Crippen molar-refractivity contribution in [2.24, 2.45) is 4.99 Å². The number of nitrogens with one attached hydrogen (secondary N) is 2. The van der Waals surface area contributed by atoms with E-state index in [0.29, 0.717) is 24.6 Å². The van der Waals surface area contributed by atoms with Gasteiger partial charge in [-0.1, -0.05) is 24.3 Å². The molecule has 0 spiro atoms. The molecule has 2 N–H and O–H groups in total. The van der Waals surface area contributed by atoms with Gasteiger partial charge in [0.1, 0.15) is 11.6 Å². The van der Waals surface area contributed by atoms with Gasteiger partial charge in [-0.3, -0.25) is 0 Å². The van der Waals surface area contributed by atoms with Crippen molar-refractivity contribution in [1.82, 2.24) is 15.6 Å². The van der Waals surface area contributed by atoms with Gasteiger partial charge in [0.05, 0.1) is 6.54 Å². The molecule has 152 valence electrons. The van der Waals surface area contributed by atoms with E-state index < -0.39 is 6.36 Å². The lowest BCUT2D eigenvalue weighted by atomic mass is 10.2. The Hall–Kier alpha value is -2.97. The molecule has 6 nitrogen and oxygen atoms in total. The van der Waals surface area contributed by atoms with Crippen molar-refractivity contribution < 1.29 is 17.9 Å². The highest BCUT2D eigenvalue weighted by Gasteiger charge is 2.31. The van der Waals surface area contributed by atoms with E-state index in [1.807, 2.05) is 38.1 Å². The second kappa shape index (κ2) is 9.82. The first kappa shape index (κ1) is 21.3. The molecule has 0 bridgehead atoms. The number of alkyl halides is 3. The number of hydrogen-bond acceptors (Lipinski definition) is 4. The van der Waals surface area contributed by atoms with Gasteiger partial charge < -0.3 is 20.3 Å². The maximum Gasteiger partial charge on any atom is 0.573 e. The second-order valence-electron chi connectivity index (χ2n) is 6.08. The third kappa shape index (κ3) is 6.64. The summed E-state index contributed by atoms with van der Waals surface area (Å²) in [7, 11) is 3.81. The monoisotopic (exact) mass is 395 g/mol. The van der Waals surface area contributed by atoms with E-state index in [1.165, 1.54) is 12.1 Å². The quantitative estimate of drug-likeness (QED) is 0.556. The maximum absolute atomic E-state index is 12.6. The lowest BCUT2D eigenvalue weighted by Gasteiger charge is -2.17. The molecule has 0 aliphatic carbocycles. The molecule has 1 heterocycles. The van der Waals surface area contributed by atoms with Gasteiger partial charge in [0.15, 0.2) is 5.96 Å². The van der Waals surface area contributed by atoms with Crippen LogP contribution in [0, 0.1) is 0 Å². The summed E-state index contributed by atoms with van der Waals surface area (Å²) in [6.07, 6.45) is -3.03. The van der Waals surface area contributed by atoms with E-state index in [4.69, 9.17) is 0 Å². The zero-order valence-electron chi connectivity index (χ0n) is 16.0. The third-order valence-corrected chi connectivity index (χ3v) is 3.69. The van der Waals surface area contributed by atoms with Crippen molar-refractivity contribution in [3.8, 4) is 5.75 Å². The molecule has 0 aliphatic rings. The lowest BCUT2D eigenvalue weighted by Crippen LogP contribution is -2.37. The average molecular weight is 395 g/mol. The Bertz CT molecular complexity index is 793. The summed E-state index contributed by atoms with van der Waals surface area (Å²) in [5.41, 5.74) is 1.31. The average Bonchev–Trinajstić information content (AvgIpc) is 2.64. The summed E-state index contributed by atoms with van der Waals surface area (Å²) in [4.78, 5) is 10.6. The Morgan fingerprint density at radius 2 is 1.82 bits per heavy atom. The summed E-state index contributed by atoms with van der Waals surface area (Å²) in [5, 5.41) is 6.26.